The molecule has 0 bridgehead atoms. The van der Waals surface area contributed by atoms with Crippen LogP contribution < -0.4 is 5.32 Å². The highest BCUT2D eigenvalue weighted by atomic mass is 16.5. The third kappa shape index (κ3) is 5.50. The molecule has 1 saturated heterocycles. The van der Waals surface area contributed by atoms with Crippen LogP contribution >= 0.6 is 0 Å². The van der Waals surface area contributed by atoms with Gasteiger partial charge in [-0.1, -0.05) is 13.8 Å². The van der Waals surface area contributed by atoms with Crippen molar-refractivity contribution in [2.45, 2.75) is 26.7 Å². The molecule has 0 aliphatic carbocycles. The number of ether oxygens (including phenoxy) is 1. The molecule has 4 nitrogen and oxygen atoms in total. The van der Waals surface area contributed by atoms with Gasteiger partial charge in [-0.15, -0.1) is 0 Å². The first-order valence-electron chi connectivity index (χ1n) is 6.61. The highest BCUT2D eigenvalue weighted by Gasteiger charge is 2.25. The highest BCUT2D eigenvalue weighted by molar-refractivity contribution is 5.78. The third-order valence-electron chi connectivity index (χ3n) is 3.20. The number of carbonyl (C=O) groups is 1. The molecular weight excluding hydrogens is 216 g/mol. The Balaban J connectivity index is 2.16. The molecule has 17 heavy (non-hydrogen) atoms. The molecule has 1 amide bonds. The Kier molecular flexibility index (Phi) is 6.52. The van der Waals surface area contributed by atoms with Crippen molar-refractivity contribution < 1.29 is 9.53 Å². The number of nitrogens with one attached hydrogen (secondary N) is 1. The van der Waals surface area contributed by atoms with Crippen molar-refractivity contribution in [1.82, 2.24) is 10.2 Å². The molecule has 1 fully saturated rings. The first-order chi connectivity index (χ1) is 8.13. The number of likely N-dealkylation sites (tertiary alicyclic amines) is 1. The van der Waals surface area contributed by atoms with Crippen molar-refractivity contribution in [3.63, 3.8) is 0 Å². The summed E-state index contributed by atoms with van der Waals surface area (Å²) in [6.07, 6.45) is 2.41. The number of nitrogens with zero attached hydrogens (tertiary/aromatic N) is 1. The largest absolute Gasteiger partial charge is 0.383 e. The highest BCUT2D eigenvalue weighted by Crippen LogP contribution is 2.22. The number of amides is 1. The van der Waals surface area contributed by atoms with Gasteiger partial charge in [-0.3, -0.25) is 4.79 Å². The van der Waals surface area contributed by atoms with Gasteiger partial charge in [0.2, 0.25) is 5.91 Å². The minimum atomic E-state index is 0.229. The van der Waals surface area contributed by atoms with Gasteiger partial charge in [-0.2, -0.15) is 0 Å². The van der Waals surface area contributed by atoms with E-state index in [9.17, 15) is 4.79 Å². The average Bonchev–Trinajstić information content (AvgIpc) is 2.71. The fourth-order valence-electron chi connectivity index (χ4n) is 2.40. The van der Waals surface area contributed by atoms with E-state index in [4.69, 9.17) is 4.74 Å². The zero-order chi connectivity index (χ0) is 12.7. The fourth-order valence-corrected chi connectivity index (χ4v) is 2.40. The summed E-state index contributed by atoms with van der Waals surface area (Å²) in [7, 11) is 1.67. The molecule has 0 aromatic carbocycles. The van der Waals surface area contributed by atoms with Crippen molar-refractivity contribution in [1.29, 1.82) is 0 Å². The fraction of sp³-hybridized carbons (Fsp3) is 0.923. The third-order valence-corrected chi connectivity index (χ3v) is 3.20. The summed E-state index contributed by atoms with van der Waals surface area (Å²) in [6.45, 7) is 8.21. The van der Waals surface area contributed by atoms with E-state index < -0.39 is 0 Å². The lowest BCUT2D eigenvalue weighted by Gasteiger charge is -2.17. The maximum Gasteiger partial charge on any atom is 0.236 e. The van der Waals surface area contributed by atoms with Gasteiger partial charge in [0.1, 0.15) is 0 Å². The van der Waals surface area contributed by atoms with E-state index in [0.29, 0.717) is 19.1 Å². The summed E-state index contributed by atoms with van der Waals surface area (Å²) >= 11 is 0. The quantitative estimate of drug-likeness (QED) is 0.680. The molecule has 1 N–H and O–H groups in total. The maximum atomic E-state index is 11.9. The summed E-state index contributed by atoms with van der Waals surface area (Å²) in [5, 5.41) is 3.10. The van der Waals surface area contributed by atoms with E-state index in [2.05, 4.69) is 19.2 Å². The normalized spacial score (nSPS) is 20.2. The van der Waals surface area contributed by atoms with Crippen LogP contribution in [0.25, 0.3) is 0 Å². The molecule has 100 valence electrons. The van der Waals surface area contributed by atoms with Crippen molar-refractivity contribution in [3.05, 3.63) is 0 Å². The number of rotatable bonds is 7. The Morgan fingerprint density at radius 3 is 2.94 bits per heavy atom. The second-order valence-corrected chi connectivity index (χ2v) is 5.29. The summed E-state index contributed by atoms with van der Waals surface area (Å²) < 4.78 is 4.92. The number of carbonyl (C=O) groups excluding carboxylic acids is 1. The number of hydrogen-bond acceptors (Lipinski definition) is 3. The minimum absolute atomic E-state index is 0.229. The molecule has 1 heterocycles. The molecule has 0 aromatic rings. The van der Waals surface area contributed by atoms with Crippen molar-refractivity contribution in [2.24, 2.45) is 11.8 Å². The minimum Gasteiger partial charge on any atom is -0.383 e. The Hall–Kier alpha value is -0.610. The topological polar surface area (TPSA) is 41.6 Å². The van der Waals surface area contributed by atoms with Crippen molar-refractivity contribution in [3.8, 4) is 0 Å². The van der Waals surface area contributed by atoms with Crippen LogP contribution in [0, 0.1) is 11.8 Å². The van der Waals surface area contributed by atoms with Crippen LogP contribution in [0.4, 0.5) is 0 Å². The van der Waals surface area contributed by atoms with Crippen LogP contribution in [0.3, 0.4) is 0 Å². The zero-order valence-electron chi connectivity index (χ0n) is 11.4. The second-order valence-electron chi connectivity index (χ2n) is 5.29. The zero-order valence-corrected chi connectivity index (χ0v) is 11.4. The van der Waals surface area contributed by atoms with E-state index in [1.165, 1.54) is 12.8 Å². The summed E-state index contributed by atoms with van der Waals surface area (Å²) in [6, 6.07) is 0. The second kappa shape index (κ2) is 7.67. The summed E-state index contributed by atoms with van der Waals surface area (Å²) in [5.74, 6) is 1.67. The Labute approximate surface area is 105 Å². The van der Waals surface area contributed by atoms with Gasteiger partial charge in [-0.05, 0) is 24.7 Å². The number of hydrogen-bond donors (Lipinski definition) is 1. The molecular formula is C13H26N2O2. The monoisotopic (exact) mass is 242 g/mol. The molecule has 4 heteroatoms. The van der Waals surface area contributed by atoms with E-state index in [0.717, 1.165) is 25.6 Å². The molecule has 0 aromatic heterocycles. The Morgan fingerprint density at radius 2 is 2.29 bits per heavy atom. The molecule has 0 saturated carbocycles. The van der Waals surface area contributed by atoms with Gasteiger partial charge >= 0.3 is 0 Å². The van der Waals surface area contributed by atoms with Crippen LogP contribution in [-0.2, 0) is 9.53 Å². The van der Waals surface area contributed by atoms with Gasteiger partial charge in [0, 0.05) is 26.7 Å². The van der Waals surface area contributed by atoms with Gasteiger partial charge in [0.25, 0.3) is 0 Å². The summed E-state index contributed by atoms with van der Waals surface area (Å²) in [5.41, 5.74) is 0. The van der Waals surface area contributed by atoms with Crippen LogP contribution in [0.2, 0.25) is 0 Å². The van der Waals surface area contributed by atoms with Crippen molar-refractivity contribution in [2.75, 3.05) is 39.9 Å². The van der Waals surface area contributed by atoms with Crippen LogP contribution in [0.15, 0.2) is 0 Å². The lowest BCUT2D eigenvalue weighted by atomic mass is 9.97. The predicted octanol–water partition coefficient (Wildman–Crippen LogP) is 1.12. The SMILES string of the molecule is COCCNCC(=O)N1CCC(CC(C)C)C1. The average molecular weight is 242 g/mol. The van der Waals surface area contributed by atoms with Gasteiger partial charge in [-0.25, -0.2) is 0 Å². The predicted molar refractivity (Wildman–Crippen MR) is 68.9 cm³/mol. The van der Waals surface area contributed by atoms with E-state index in [-0.39, 0.29) is 5.91 Å². The lowest BCUT2D eigenvalue weighted by molar-refractivity contribution is -0.129. The Morgan fingerprint density at radius 1 is 1.53 bits per heavy atom. The molecule has 1 aliphatic heterocycles. The molecule has 1 unspecified atom stereocenters. The Bertz CT molecular complexity index is 231. The van der Waals surface area contributed by atoms with E-state index >= 15 is 0 Å². The standard InChI is InChI=1S/C13H26N2O2/c1-11(2)8-12-4-6-15(10-12)13(16)9-14-5-7-17-3/h11-12,14H,4-10H2,1-3H3. The maximum absolute atomic E-state index is 11.9. The van der Waals surface area contributed by atoms with Crippen LogP contribution in [0.5, 0.6) is 0 Å². The lowest BCUT2D eigenvalue weighted by Crippen LogP contribution is -2.37. The molecule has 1 aliphatic rings. The number of methoxy groups -OCH3 is 1. The molecule has 1 atom stereocenters. The van der Waals surface area contributed by atoms with Gasteiger partial charge in [0.05, 0.1) is 13.2 Å². The van der Waals surface area contributed by atoms with Gasteiger partial charge in [0.15, 0.2) is 0 Å². The summed E-state index contributed by atoms with van der Waals surface area (Å²) in [4.78, 5) is 13.9. The molecule has 1 rings (SSSR count). The molecule has 0 radical (unpaired) electrons. The van der Waals surface area contributed by atoms with Gasteiger partial charge < -0.3 is 15.0 Å². The van der Waals surface area contributed by atoms with Crippen LogP contribution in [0.1, 0.15) is 26.7 Å². The molecule has 0 spiro atoms. The van der Waals surface area contributed by atoms with E-state index in [1.54, 1.807) is 7.11 Å². The van der Waals surface area contributed by atoms with Crippen molar-refractivity contribution >= 4 is 5.91 Å². The first kappa shape index (κ1) is 14.5. The first-order valence-corrected chi connectivity index (χ1v) is 6.61. The van der Waals surface area contributed by atoms with Crippen LogP contribution in [-0.4, -0.2) is 50.7 Å². The van der Waals surface area contributed by atoms with E-state index in [1.807, 2.05) is 4.90 Å². The smallest absolute Gasteiger partial charge is 0.236 e.